The Morgan fingerprint density at radius 2 is 0.696 bits per heavy atom. The maximum Gasteiger partial charge on any atom is 0.121 e. The van der Waals surface area contributed by atoms with Crippen molar-refractivity contribution in [3.8, 4) is 17.2 Å². The number of phenolic OH excluding ortho intramolecular Hbond substituents is 3. The summed E-state index contributed by atoms with van der Waals surface area (Å²) in [6, 6.07) is 21.3. The van der Waals surface area contributed by atoms with Crippen molar-refractivity contribution < 1.29 is 15.3 Å². The van der Waals surface area contributed by atoms with Crippen LogP contribution in [-0.2, 0) is 16.2 Å². The lowest BCUT2D eigenvalue weighted by molar-refractivity contribution is 0.465. The molecule has 0 heterocycles. The van der Waals surface area contributed by atoms with Gasteiger partial charge in [0.25, 0.3) is 0 Å². The third-order valence-electron chi connectivity index (χ3n) is 10.1. The molecule has 0 bridgehead atoms. The van der Waals surface area contributed by atoms with Crippen molar-refractivity contribution in [1.29, 1.82) is 0 Å². The van der Waals surface area contributed by atoms with Gasteiger partial charge in [-0.1, -0.05) is 129 Å². The van der Waals surface area contributed by atoms with Gasteiger partial charge in [-0.15, -0.1) is 0 Å². The Bertz CT molecular complexity index is 1550. The van der Waals surface area contributed by atoms with Crippen LogP contribution in [0.5, 0.6) is 17.2 Å². The second kappa shape index (κ2) is 14.0. The predicted octanol–water partition coefficient (Wildman–Crippen LogP) is 11.5. The molecular formula is C43H58O3. The zero-order chi connectivity index (χ0) is 34.8. The normalized spacial score (nSPS) is 12.1. The van der Waals surface area contributed by atoms with Crippen LogP contribution in [0.2, 0.25) is 0 Å². The highest BCUT2D eigenvalue weighted by Gasteiger charge is 2.33. The third-order valence-corrected chi connectivity index (χ3v) is 10.1. The second-order valence-electron chi connectivity index (χ2n) is 14.9. The highest BCUT2D eigenvalue weighted by Crippen LogP contribution is 2.44. The molecule has 0 amide bonds. The first-order valence-corrected chi connectivity index (χ1v) is 16.9. The number of unbranched alkanes of at least 4 members (excludes halogenated alkanes) is 2. The topological polar surface area (TPSA) is 60.7 Å². The van der Waals surface area contributed by atoms with Gasteiger partial charge in [-0.05, 0) is 102 Å². The SMILES string of the molecule is CCCCC.Cc1cc(C(C)(C)c2cc(C(C)(C)c3cc(C)c(O)c(C)c3)cc(C(C)(C)c3cc(C)c(O)c(C)c3)c2)ccc1O. The lowest BCUT2D eigenvalue weighted by atomic mass is 9.68. The summed E-state index contributed by atoms with van der Waals surface area (Å²) in [5.74, 6) is 1.00. The quantitative estimate of drug-likeness (QED) is 0.183. The third kappa shape index (κ3) is 7.46. The molecule has 0 atom stereocenters. The van der Waals surface area contributed by atoms with E-state index in [0.29, 0.717) is 17.2 Å². The van der Waals surface area contributed by atoms with E-state index in [9.17, 15) is 15.3 Å². The molecule has 0 radical (unpaired) electrons. The van der Waals surface area contributed by atoms with Gasteiger partial charge in [-0.25, -0.2) is 0 Å². The van der Waals surface area contributed by atoms with Crippen molar-refractivity contribution in [3.63, 3.8) is 0 Å². The average molecular weight is 623 g/mol. The molecule has 0 aliphatic carbocycles. The van der Waals surface area contributed by atoms with Gasteiger partial charge in [-0.3, -0.25) is 0 Å². The fourth-order valence-corrected chi connectivity index (χ4v) is 6.24. The molecule has 0 aliphatic rings. The molecule has 3 nitrogen and oxygen atoms in total. The lowest BCUT2D eigenvalue weighted by Crippen LogP contribution is -2.27. The fourth-order valence-electron chi connectivity index (χ4n) is 6.24. The molecular weight excluding hydrogens is 564 g/mol. The molecule has 3 heteroatoms. The monoisotopic (exact) mass is 622 g/mol. The van der Waals surface area contributed by atoms with Crippen LogP contribution >= 0.6 is 0 Å². The first-order chi connectivity index (χ1) is 21.3. The van der Waals surface area contributed by atoms with Crippen molar-refractivity contribution in [2.75, 3.05) is 0 Å². The van der Waals surface area contributed by atoms with E-state index in [1.54, 1.807) is 6.07 Å². The average Bonchev–Trinajstić information content (AvgIpc) is 2.99. The zero-order valence-electron chi connectivity index (χ0n) is 30.7. The van der Waals surface area contributed by atoms with Crippen molar-refractivity contribution in [3.05, 3.63) is 122 Å². The van der Waals surface area contributed by atoms with Gasteiger partial charge in [0.05, 0.1) is 0 Å². The van der Waals surface area contributed by atoms with Gasteiger partial charge in [0.15, 0.2) is 0 Å². The molecule has 0 aliphatic heterocycles. The Balaban J connectivity index is 0.00000107. The van der Waals surface area contributed by atoms with E-state index in [1.807, 2.05) is 40.7 Å². The number of hydrogen-bond acceptors (Lipinski definition) is 3. The van der Waals surface area contributed by atoms with E-state index in [2.05, 4.69) is 104 Å². The van der Waals surface area contributed by atoms with E-state index >= 15 is 0 Å². The first-order valence-electron chi connectivity index (χ1n) is 16.9. The molecule has 0 fully saturated rings. The molecule has 4 aromatic carbocycles. The smallest absolute Gasteiger partial charge is 0.121 e. The van der Waals surface area contributed by atoms with Crippen LogP contribution < -0.4 is 0 Å². The van der Waals surface area contributed by atoms with Crippen LogP contribution in [0.1, 0.15) is 136 Å². The molecule has 0 saturated carbocycles. The van der Waals surface area contributed by atoms with Gasteiger partial charge >= 0.3 is 0 Å². The largest absolute Gasteiger partial charge is 0.508 e. The van der Waals surface area contributed by atoms with E-state index in [-0.39, 0.29) is 16.2 Å². The second-order valence-corrected chi connectivity index (χ2v) is 14.9. The van der Waals surface area contributed by atoms with Crippen LogP contribution in [0.25, 0.3) is 0 Å². The van der Waals surface area contributed by atoms with E-state index in [1.165, 1.54) is 36.0 Å². The maximum atomic E-state index is 10.5. The first kappa shape index (κ1) is 36.7. The van der Waals surface area contributed by atoms with Gasteiger partial charge in [0, 0.05) is 16.2 Å². The van der Waals surface area contributed by atoms with Gasteiger partial charge in [-0.2, -0.15) is 0 Å². The minimum Gasteiger partial charge on any atom is -0.508 e. The number of aromatic hydroxyl groups is 3. The number of benzene rings is 4. The number of rotatable bonds is 8. The van der Waals surface area contributed by atoms with Crippen LogP contribution in [0.3, 0.4) is 0 Å². The van der Waals surface area contributed by atoms with Crippen molar-refractivity contribution in [1.82, 2.24) is 0 Å². The summed E-state index contributed by atoms with van der Waals surface area (Å²) in [5.41, 5.74) is 10.4. The number of hydrogen-bond donors (Lipinski definition) is 3. The summed E-state index contributed by atoms with van der Waals surface area (Å²) in [6.45, 7) is 27.7. The molecule has 3 N–H and O–H groups in total. The Morgan fingerprint density at radius 3 is 0.978 bits per heavy atom. The number of aryl methyl sites for hydroxylation is 5. The summed E-state index contributed by atoms with van der Waals surface area (Å²) in [4.78, 5) is 0. The van der Waals surface area contributed by atoms with Crippen LogP contribution in [-0.4, -0.2) is 15.3 Å². The Hall–Kier alpha value is -3.72. The lowest BCUT2D eigenvalue weighted by Gasteiger charge is -2.35. The van der Waals surface area contributed by atoms with E-state index in [0.717, 1.165) is 44.5 Å². The molecule has 0 aromatic heterocycles. The Morgan fingerprint density at radius 1 is 0.413 bits per heavy atom. The van der Waals surface area contributed by atoms with Crippen molar-refractivity contribution in [2.24, 2.45) is 0 Å². The molecule has 0 spiro atoms. The zero-order valence-corrected chi connectivity index (χ0v) is 30.7. The molecule has 0 saturated heterocycles. The molecule has 4 rings (SSSR count). The summed E-state index contributed by atoms with van der Waals surface area (Å²) < 4.78 is 0. The van der Waals surface area contributed by atoms with Gasteiger partial charge in [0.2, 0.25) is 0 Å². The van der Waals surface area contributed by atoms with Crippen LogP contribution in [0, 0.1) is 34.6 Å². The Kier molecular flexibility index (Phi) is 11.1. The van der Waals surface area contributed by atoms with Gasteiger partial charge in [0.1, 0.15) is 17.2 Å². The van der Waals surface area contributed by atoms with Crippen molar-refractivity contribution >= 4 is 0 Å². The summed E-state index contributed by atoms with van der Waals surface area (Å²) in [5, 5.41) is 31.2. The van der Waals surface area contributed by atoms with Crippen molar-refractivity contribution in [2.45, 2.75) is 126 Å². The van der Waals surface area contributed by atoms with Crippen LogP contribution in [0.4, 0.5) is 0 Å². The molecule has 248 valence electrons. The Labute approximate surface area is 279 Å². The van der Waals surface area contributed by atoms with E-state index < -0.39 is 0 Å². The predicted molar refractivity (Wildman–Crippen MR) is 196 cm³/mol. The van der Waals surface area contributed by atoms with Crippen LogP contribution in [0.15, 0.2) is 60.7 Å². The number of phenols is 3. The molecule has 4 aromatic rings. The summed E-state index contributed by atoms with van der Waals surface area (Å²) in [6.07, 6.45) is 4.08. The summed E-state index contributed by atoms with van der Waals surface area (Å²) in [7, 11) is 0. The molecule has 46 heavy (non-hydrogen) atoms. The minimum absolute atomic E-state index is 0.303. The standard InChI is InChI=1S/C38H46O3.C5H12/c1-22-14-27(12-13-33(22)39)36(6,7)30-19-31(37(8,9)28-15-23(2)34(40)24(3)16-28)21-32(20-30)38(10,11)29-17-25(4)35(41)26(5)18-29;1-3-5-4-2/h12-21,39-41H,1-11H3;3-5H2,1-2H3. The summed E-state index contributed by atoms with van der Waals surface area (Å²) >= 11 is 0. The van der Waals surface area contributed by atoms with E-state index in [4.69, 9.17) is 0 Å². The van der Waals surface area contributed by atoms with Gasteiger partial charge < -0.3 is 15.3 Å². The molecule has 0 unspecified atom stereocenters. The fraction of sp³-hybridized carbons (Fsp3) is 0.442. The highest BCUT2D eigenvalue weighted by atomic mass is 16.3. The minimum atomic E-state index is -0.341. The highest BCUT2D eigenvalue weighted by molar-refractivity contribution is 5.55. The maximum absolute atomic E-state index is 10.5.